The molecule has 1 rings (SSSR count). The molecule has 0 saturated carbocycles. The minimum absolute atomic E-state index is 0.503. The van der Waals surface area contributed by atoms with Crippen molar-refractivity contribution in [1.82, 2.24) is 5.32 Å². The van der Waals surface area contributed by atoms with Crippen LogP contribution in [0.3, 0.4) is 0 Å². The Bertz CT molecular complexity index is 361. The predicted molar refractivity (Wildman–Crippen MR) is 74.1 cm³/mol. The van der Waals surface area contributed by atoms with E-state index in [0.29, 0.717) is 20.8 Å². The Morgan fingerprint density at radius 1 is 1.40 bits per heavy atom. The summed E-state index contributed by atoms with van der Waals surface area (Å²) in [6.07, 6.45) is 0. The number of thiocarbonyl (C=S) groups is 1. The van der Waals surface area contributed by atoms with Crippen LogP contribution in [0.15, 0.2) is 16.6 Å². The monoisotopic (exact) mass is 326 g/mol. The van der Waals surface area contributed by atoms with Crippen molar-refractivity contribution < 1.29 is 0 Å². The number of halogens is 3. The maximum Gasteiger partial charge on any atom is 0.170 e. The van der Waals surface area contributed by atoms with Crippen LogP contribution in [0, 0.1) is 0 Å². The van der Waals surface area contributed by atoms with Crippen molar-refractivity contribution in [3.63, 3.8) is 0 Å². The van der Waals surface area contributed by atoms with Crippen LogP contribution in [0.5, 0.6) is 0 Å². The van der Waals surface area contributed by atoms with Gasteiger partial charge >= 0.3 is 0 Å². The van der Waals surface area contributed by atoms with Crippen LogP contribution in [-0.2, 0) is 0 Å². The molecule has 0 aromatic heterocycles. The lowest BCUT2D eigenvalue weighted by atomic mass is 10.3. The lowest BCUT2D eigenvalue weighted by Gasteiger charge is -2.12. The Labute approximate surface area is 112 Å². The molecular weight excluding hydrogens is 319 g/mol. The van der Waals surface area contributed by atoms with Gasteiger partial charge in [-0.1, -0.05) is 39.1 Å². The van der Waals surface area contributed by atoms with Crippen LogP contribution in [0.4, 0.5) is 5.69 Å². The van der Waals surface area contributed by atoms with Gasteiger partial charge in [0.15, 0.2) is 5.11 Å². The molecule has 0 heterocycles. The SMILES string of the molecule is CCNC(=S)Nc1c(Cl)cc(Br)cc1Cl. The van der Waals surface area contributed by atoms with Crippen LogP contribution in [0.2, 0.25) is 10.0 Å². The highest BCUT2D eigenvalue weighted by Gasteiger charge is 2.08. The average molecular weight is 328 g/mol. The number of hydrogen-bond acceptors (Lipinski definition) is 1. The van der Waals surface area contributed by atoms with Gasteiger partial charge in [0.25, 0.3) is 0 Å². The van der Waals surface area contributed by atoms with Gasteiger partial charge in [0, 0.05) is 11.0 Å². The van der Waals surface area contributed by atoms with Crippen molar-refractivity contribution in [2.45, 2.75) is 6.92 Å². The van der Waals surface area contributed by atoms with E-state index in [9.17, 15) is 0 Å². The lowest BCUT2D eigenvalue weighted by molar-refractivity contribution is 0.979. The van der Waals surface area contributed by atoms with E-state index in [1.807, 2.05) is 6.92 Å². The summed E-state index contributed by atoms with van der Waals surface area (Å²) in [5.74, 6) is 0. The topological polar surface area (TPSA) is 24.1 Å². The summed E-state index contributed by atoms with van der Waals surface area (Å²) in [7, 11) is 0. The molecule has 0 aliphatic carbocycles. The molecule has 82 valence electrons. The van der Waals surface area contributed by atoms with E-state index in [2.05, 4.69) is 26.6 Å². The second kappa shape index (κ2) is 5.89. The summed E-state index contributed by atoms with van der Waals surface area (Å²) < 4.78 is 0.831. The zero-order valence-electron chi connectivity index (χ0n) is 7.90. The summed E-state index contributed by atoms with van der Waals surface area (Å²) in [6, 6.07) is 3.51. The summed E-state index contributed by atoms with van der Waals surface area (Å²) in [4.78, 5) is 0. The molecule has 0 fully saturated rings. The molecule has 0 unspecified atom stereocenters. The first-order chi connectivity index (χ1) is 7.04. The molecule has 0 atom stereocenters. The third-order valence-electron chi connectivity index (χ3n) is 1.58. The van der Waals surface area contributed by atoms with Crippen LogP contribution in [-0.4, -0.2) is 11.7 Å². The van der Waals surface area contributed by atoms with Crippen molar-refractivity contribution in [3.8, 4) is 0 Å². The van der Waals surface area contributed by atoms with Crippen LogP contribution < -0.4 is 10.6 Å². The van der Waals surface area contributed by atoms with Crippen molar-refractivity contribution in [2.75, 3.05) is 11.9 Å². The molecule has 0 aliphatic rings. The van der Waals surface area contributed by atoms with Gasteiger partial charge in [0.1, 0.15) is 0 Å². The van der Waals surface area contributed by atoms with Crippen LogP contribution in [0.25, 0.3) is 0 Å². The minimum Gasteiger partial charge on any atom is -0.363 e. The third-order valence-corrected chi connectivity index (χ3v) is 2.88. The molecule has 0 amide bonds. The van der Waals surface area contributed by atoms with E-state index in [-0.39, 0.29) is 0 Å². The molecule has 1 aromatic carbocycles. The first-order valence-electron chi connectivity index (χ1n) is 4.24. The van der Waals surface area contributed by atoms with Gasteiger partial charge < -0.3 is 10.6 Å². The minimum atomic E-state index is 0.503. The quantitative estimate of drug-likeness (QED) is 0.801. The normalized spacial score (nSPS) is 9.87. The zero-order chi connectivity index (χ0) is 11.4. The molecule has 1 aromatic rings. The van der Waals surface area contributed by atoms with Crippen molar-refractivity contribution in [1.29, 1.82) is 0 Å². The van der Waals surface area contributed by atoms with Crippen molar-refractivity contribution in [2.24, 2.45) is 0 Å². The second-order valence-electron chi connectivity index (χ2n) is 2.73. The largest absolute Gasteiger partial charge is 0.363 e. The number of hydrogen-bond donors (Lipinski definition) is 2. The van der Waals surface area contributed by atoms with Gasteiger partial charge in [-0.3, -0.25) is 0 Å². The van der Waals surface area contributed by atoms with Gasteiger partial charge in [0.2, 0.25) is 0 Å². The van der Waals surface area contributed by atoms with E-state index in [1.54, 1.807) is 12.1 Å². The first-order valence-corrected chi connectivity index (χ1v) is 6.19. The molecule has 6 heteroatoms. The maximum absolute atomic E-state index is 6.01. The zero-order valence-corrected chi connectivity index (χ0v) is 11.8. The fourth-order valence-corrected chi connectivity index (χ4v) is 2.53. The Morgan fingerprint density at radius 3 is 2.40 bits per heavy atom. The smallest absolute Gasteiger partial charge is 0.170 e. The third kappa shape index (κ3) is 3.79. The lowest BCUT2D eigenvalue weighted by Crippen LogP contribution is -2.28. The van der Waals surface area contributed by atoms with Gasteiger partial charge in [0.05, 0.1) is 15.7 Å². The maximum atomic E-state index is 6.01. The summed E-state index contributed by atoms with van der Waals surface area (Å²) in [5.41, 5.74) is 0.618. The van der Waals surface area contributed by atoms with Crippen molar-refractivity contribution in [3.05, 3.63) is 26.7 Å². The Kier molecular flexibility index (Phi) is 5.12. The standard InChI is InChI=1S/C9H9BrCl2N2S/c1-2-13-9(15)14-8-6(11)3-5(10)4-7(8)12/h3-4H,2H2,1H3,(H2,13,14,15). The first kappa shape index (κ1) is 13.0. The van der Waals surface area contributed by atoms with E-state index in [0.717, 1.165) is 11.0 Å². The molecule has 2 nitrogen and oxygen atoms in total. The summed E-state index contributed by atoms with van der Waals surface area (Å²) in [5, 5.41) is 7.45. The fourth-order valence-electron chi connectivity index (χ4n) is 0.980. The summed E-state index contributed by atoms with van der Waals surface area (Å²) >= 11 is 20.4. The number of rotatable bonds is 2. The highest BCUT2D eigenvalue weighted by Crippen LogP contribution is 2.33. The summed E-state index contributed by atoms with van der Waals surface area (Å²) in [6.45, 7) is 2.70. The predicted octanol–water partition coefficient (Wildman–Crippen LogP) is 4.06. The van der Waals surface area contributed by atoms with E-state index >= 15 is 0 Å². The number of benzene rings is 1. The molecule has 0 saturated heterocycles. The molecule has 0 aliphatic heterocycles. The molecular formula is C9H9BrCl2N2S. The van der Waals surface area contributed by atoms with Gasteiger partial charge in [-0.2, -0.15) is 0 Å². The van der Waals surface area contributed by atoms with E-state index in [1.165, 1.54) is 0 Å². The molecule has 2 N–H and O–H groups in total. The fraction of sp³-hybridized carbons (Fsp3) is 0.222. The van der Waals surface area contributed by atoms with Crippen LogP contribution >= 0.6 is 51.3 Å². The second-order valence-corrected chi connectivity index (χ2v) is 4.87. The van der Waals surface area contributed by atoms with Crippen LogP contribution in [0.1, 0.15) is 6.92 Å². The molecule has 15 heavy (non-hydrogen) atoms. The van der Waals surface area contributed by atoms with Gasteiger partial charge in [-0.25, -0.2) is 0 Å². The Balaban J connectivity index is 2.90. The average Bonchev–Trinajstić information content (AvgIpc) is 2.11. The number of nitrogens with one attached hydrogen (secondary N) is 2. The molecule has 0 bridgehead atoms. The Hall–Kier alpha value is -0.0300. The number of anilines is 1. The highest BCUT2D eigenvalue weighted by atomic mass is 79.9. The van der Waals surface area contributed by atoms with Gasteiger partial charge in [-0.05, 0) is 31.3 Å². The van der Waals surface area contributed by atoms with Gasteiger partial charge in [-0.15, -0.1) is 0 Å². The van der Waals surface area contributed by atoms with E-state index in [4.69, 9.17) is 35.4 Å². The molecule has 0 radical (unpaired) electrons. The molecule has 0 spiro atoms. The highest BCUT2D eigenvalue weighted by molar-refractivity contribution is 9.10. The van der Waals surface area contributed by atoms with E-state index < -0.39 is 0 Å². The Morgan fingerprint density at radius 2 is 1.93 bits per heavy atom. The van der Waals surface area contributed by atoms with Crippen molar-refractivity contribution >= 4 is 62.1 Å².